The molecule has 0 aliphatic rings. The molecule has 1 atom stereocenters. The lowest BCUT2D eigenvalue weighted by Crippen LogP contribution is -2.07. The molecule has 0 saturated heterocycles. The highest BCUT2D eigenvalue weighted by Crippen LogP contribution is 2.39. The second-order valence-corrected chi connectivity index (χ2v) is 8.92. The van der Waals surface area contributed by atoms with E-state index in [-0.39, 0.29) is 0 Å². The van der Waals surface area contributed by atoms with E-state index in [0.29, 0.717) is 10.7 Å². The first-order valence-electron chi connectivity index (χ1n) is 5.74. The minimum absolute atomic E-state index is 0.369. The van der Waals surface area contributed by atoms with E-state index in [2.05, 4.69) is 48.1 Å². The van der Waals surface area contributed by atoms with Crippen LogP contribution in [-0.2, 0) is 0 Å². The molecule has 0 bridgehead atoms. The summed E-state index contributed by atoms with van der Waals surface area (Å²) in [5.74, 6) is 0.637. The van der Waals surface area contributed by atoms with Gasteiger partial charge in [-0.15, -0.1) is 0 Å². The van der Waals surface area contributed by atoms with Crippen LogP contribution in [0.25, 0.3) is 0 Å². The zero-order valence-corrected chi connectivity index (χ0v) is 12.7. The van der Waals surface area contributed by atoms with Crippen molar-refractivity contribution in [2.45, 2.75) is 64.4 Å². The Bertz CT molecular complexity index is 189. The highest BCUT2D eigenvalue weighted by atomic mass is 33.1. The lowest BCUT2D eigenvalue weighted by Gasteiger charge is -2.20. The van der Waals surface area contributed by atoms with E-state index in [4.69, 9.17) is 0 Å². The van der Waals surface area contributed by atoms with Crippen molar-refractivity contribution < 1.29 is 0 Å². The lowest BCUT2D eigenvalue weighted by atomic mass is 10.00. The third-order valence-corrected chi connectivity index (χ3v) is 6.09. The maximum atomic E-state index is 4.12. The van der Waals surface area contributed by atoms with Crippen LogP contribution in [0.5, 0.6) is 0 Å². The molecule has 2 heteroatoms. The van der Waals surface area contributed by atoms with Gasteiger partial charge in [-0.3, -0.25) is 0 Å². The SMILES string of the molecule is C=C(CCC(C)SSC(C)(C)C)C(C)C. The molecule has 15 heavy (non-hydrogen) atoms. The molecule has 0 nitrogen and oxygen atoms in total. The molecule has 0 heterocycles. The summed E-state index contributed by atoms with van der Waals surface area (Å²) in [4.78, 5) is 0. The molecule has 0 spiro atoms. The average Bonchev–Trinajstić information content (AvgIpc) is 2.09. The topological polar surface area (TPSA) is 0 Å². The van der Waals surface area contributed by atoms with Gasteiger partial charge in [-0.25, -0.2) is 0 Å². The summed E-state index contributed by atoms with van der Waals surface area (Å²) in [5, 5.41) is 0.727. The average molecular weight is 246 g/mol. The quantitative estimate of drug-likeness (QED) is 0.445. The van der Waals surface area contributed by atoms with E-state index in [1.165, 1.54) is 18.4 Å². The van der Waals surface area contributed by atoms with Gasteiger partial charge >= 0.3 is 0 Å². The van der Waals surface area contributed by atoms with Crippen LogP contribution in [0.1, 0.15) is 54.4 Å². The van der Waals surface area contributed by atoms with Gasteiger partial charge in [-0.05, 0) is 18.8 Å². The van der Waals surface area contributed by atoms with E-state index >= 15 is 0 Å². The van der Waals surface area contributed by atoms with Crippen LogP contribution in [0.4, 0.5) is 0 Å². The van der Waals surface area contributed by atoms with Crippen molar-refractivity contribution in [3.05, 3.63) is 12.2 Å². The van der Waals surface area contributed by atoms with E-state index in [1.807, 2.05) is 21.6 Å². The summed E-state index contributed by atoms with van der Waals surface area (Å²) in [6.45, 7) is 17.7. The second-order valence-electron chi connectivity index (χ2n) is 5.45. The van der Waals surface area contributed by atoms with Crippen molar-refractivity contribution in [2.24, 2.45) is 5.92 Å². The molecule has 0 amide bonds. The summed E-state index contributed by atoms with van der Waals surface area (Å²) in [6, 6.07) is 0. The Kier molecular flexibility index (Phi) is 7.10. The Morgan fingerprint density at radius 3 is 2.13 bits per heavy atom. The van der Waals surface area contributed by atoms with Crippen LogP contribution in [0.15, 0.2) is 12.2 Å². The Morgan fingerprint density at radius 2 is 1.73 bits per heavy atom. The van der Waals surface area contributed by atoms with Gasteiger partial charge in [0.25, 0.3) is 0 Å². The molecule has 0 aliphatic heterocycles. The Hall–Kier alpha value is 0.440. The maximum absolute atomic E-state index is 4.12. The lowest BCUT2D eigenvalue weighted by molar-refractivity contribution is 0.684. The highest BCUT2D eigenvalue weighted by molar-refractivity contribution is 8.77. The predicted octanol–water partition coefficient (Wildman–Crippen LogP) is 5.55. The summed E-state index contributed by atoms with van der Waals surface area (Å²) >= 11 is 0. The van der Waals surface area contributed by atoms with Gasteiger partial charge in [0.15, 0.2) is 0 Å². The smallest absolute Gasteiger partial charge is 0.0179 e. The van der Waals surface area contributed by atoms with Crippen molar-refractivity contribution in [1.82, 2.24) is 0 Å². The van der Waals surface area contributed by atoms with Crippen molar-refractivity contribution in [3.63, 3.8) is 0 Å². The number of hydrogen-bond donors (Lipinski definition) is 0. The standard InChI is InChI=1S/C13H26S2/c1-10(2)11(3)8-9-12(4)14-15-13(5,6)7/h10,12H,3,8-9H2,1-2,4-7H3. The van der Waals surface area contributed by atoms with Crippen LogP contribution in [-0.4, -0.2) is 10.00 Å². The Labute approximate surface area is 104 Å². The zero-order valence-electron chi connectivity index (χ0n) is 11.1. The Balaban J connectivity index is 3.67. The summed E-state index contributed by atoms with van der Waals surface area (Å²) < 4.78 is 0.369. The van der Waals surface area contributed by atoms with Gasteiger partial charge in [-0.1, -0.05) is 75.3 Å². The molecule has 0 N–H and O–H groups in total. The largest absolute Gasteiger partial charge is 0.0996 e. The van der Waals surface area contributed by atoms with Crippen LogP contribution >= 0.6 is 21.6 Å². The molecule has 0 rings (SSSR count). The molecule has 0 saturated carbocycles. The minimum Gasteiger partial charge on any atom is -0.0996 e. The van der Waals surface area contributed by atoms with Crippen molar-refractivity contribution in [3.8, 4) is 0 Å². The van der Waals surface area contributed by atoms with E-state index < -0.39 is 0 Å². The van der Waals surface area contributed by atoms with Crippen molar-refractivity contribution >= 4 is 21.6 Å². The van der Waals surface area contributed by atoms with Crippen LogP contribution < -0.4 is 0 Å². The molecule has 0 aromatic heterocycles. The molecule has 0 radical (unpaired) electrons. The second kappa shape index (κ2) is 6.90. The fourth-order valence-electron chi connectivity index (χ4n) is 0.952. The molecule has 90 valence electrons. The monoisotopic (exact) mass is 246 g/mol. The molecular weight excluding hydrogens is 220 g/mol. The fourth-order valence-corrected chi connectivity index (χ4v) is 3.27. The summed E-state index contributed by atoms with van der Waals surface area (Å²) in [5.41, 5.74) is 1.39. The highest BCUT2D eigenvalue weighted by Gasteiger charge is 2.14. The van der Waals surface area contributed by atoms with Crippen LogP contribution in [0.3, 0.4) is 0 Å². The van der Waals surface area contributed by atoms with Crippen molar-refractivity contribution in [2.75, 3.05) is 0 Å². The van der Waals surface area contributed by atoms with E-state index in [9.17, 15) is 0 Å². The Morgan fingerprint density at radius 1 is 1.20 bits per heavy atom. The fraction of sp³-hybridized carbons (Fsp3) is 0.846. The normalized spacial score (nSPS) is 14.3. The molecule has 0 aromatic carbocycles. The third-order valence-electron chi connectivity index (χ3n) is 2.15. The number of allylic oxidation sites excluding steroid dienone is 1. The first-order chi connectivity index (χ1) is 6.72. The van der Waals surface area contributed by atoms with Gasteiger partial charge in [0.1, 0.15) is 0 Å². The molecule has 0 fully saturated rings. The minimum atomic E-state index is 0.369. The third kappa shape index (κ3) is 9.37. The van der Waals surface area contributed by atoms with Crippen LogP contribution in [0.2, 0.25) is 0 Å². The molecule has 0 aliphatic carbocycles. The van der Waals surface area contributed by atoms with Crippen LogP contribution in [0, 0.1) is 5.92 Å². The molecule has 0 aromatic rings. The van der Waals surface area contributed by atoms with Gasteiger partial charge in [0, 0.05) is 10.00 Å². The van der Waals surface area contributed by atoms with Gasteiger partial charge in [-0.2, -0.15) is 0 Å². The first-order valence-corrected chi connectivity index (χ1v) is 7.96. The number of hydrogen-bond acceptors (Lipinski definition) is 2. The van der Waals surface area contributed by atoms with Gasteiger partial charge < -0.3 is 0 Å². The van der Waals surface area contributed by atoms with Gasteiger partial charge in [0.2, 0.25) is 0 Å². The summed E-state index contributed by atoms with van der Waals surface area (Å²) in [6.07, 6.45) is 2.43. The van der Waals surface area contributed by atoms with E-state index in [0.717, 1.165) is 5.25 Å². The summed E-state index contributed by atoms with van der Waals surface area (Å²) in [7, 11) is 4.00. The molecular formula is C13H26S2. The number of rotatable bonds is 6. The predicted molar refractivity (Wildman–Crippen MR) is 77.6 cm³/mol. The van der Waals surface area contributed by atoms with Gasteiger partial charge in [0.05, 0.1) is 0 Å². The van der Waals surface area contributed by atoms with Crippen molar-refractivity contribution in [1.29, 1.82) is 0 Å². The zero-order chi connectivity index (χ0) is 12.1. The maximum Gasteiger partial charge on any atom is 0.0179 e. The first kappa shape index (κ1) is 15.4. The molecule has 1 unspecified atom stereocenters. The van der Waals surface area contributed by atoms with E-state index in [1.54, 1.807) is 0 Å².